The fourth-order valence-electron chi connectivity index (χ4n) is 5.02. The summed E-state index contributed by atoms with van der Waals surface area (Å²) in [7, 11) is 1.66. The number of hydrogen-bond donors (Lipinski definition) is 0. The molecule has 4 heterocycles. The Morgan fingerprint density at radius 1 is 0.846 bits per heavy atom. The molecule has 7 rings (SSSR count). The maximum absolute atomic E-state index is 6.48. The van der Waals surface area contributed by atoms with Gasteiger partial charge in [-0.3, -0.25) is 0 Å². The van der Waals surface area contributed by atoms with E-state index in [2.05, 4.69) is 22.2 Å². The predicted molar refractivity (Wildman–Crippen MR) is 144 cm³/mol. The first-order valence-corrected chi connectivity index (χ1v) is 12.6. The molecule has 0 bridgehead atoms. The van der Waals surface area contributed by atoms with Crippen molar-refractivity contribution in [2.45, 2.75) is 19.4 Å². The third kappa shape index (κ3) is 3.95. The molecule has 0 radical (unpaired) electrons. The Balaban J connectivity index is 1.38. The van der Waals surface area contributed by atoms with Gasteiger partial charge in [-0.1, -0.05) is 48.5 Å². The molecule has 9 heteroatoms. The van der Waals surface area contributed by atoms with Gasteiger partial charge in [-0.2, -0.15) is 5.10 Å². The van der Waals surface area contributed by atoms with E-state index in [0.29, 0.717) is 23.2 Å². The summed E-state index contributed by atoms with van der Waals surface area (Å²) >= 11 is 0. The summed E-state index contributed by atoms with van der Waals surface area (Å²) in [6.07, 6.45) is 1.62. The van der Waals surface area contributed by atoms with Crippen molar-refractivity contribution in [2.24, 2.45) is 0 Å². The predicted octanol–water partition coefficient (Wildman–Crippen LogP) is 5.49. The minimum atomic E-state index is -0.240. The third-order valence-corrected chi connectivity index (χ3v) is 6.83. The number of rotatable bonds is 6. The van der Waals surface area contributed by atoms with Crippen LogP contribution in [0.1, 0.15) is 34.1 Å². The fraction of sp³-hybridized carbons (Fsp3) is 0.133. The zero-order valence-corrected chi connectivity index (χ0v) is 21.4. The number of aromatic nitrogens is 6. The van der Waals surface area contributed by atoms with E-state index in [0.717, 1.165) is 39.6 Å². The van der Waals surface area contributed by atoms with Crippen molar-refractivity contribution in [1.29, 1.82) is 0 Å². The van der Waals surface area contributed by atoms with Crippen molar-refractivity contribution in [2.75, 3.05) is 7.11 Å². The van der Waals surface area contributed by atoms with Crippen molar-refractivity contribution in [3.8, 4) is 28.9 Å². The fourth-order valence-corrected chi connectivity index (χ4v) is 5.02. The zero-order chi connectivity index (χ0) is 26.3. The summed E-state index contributed by atoms with van der Waals surface area (Å²) in [6, 6.07) is 27.6. The molecule has 1 aliphatic heterocycles. The van der Waals surface area contributed by atoms with Crippen LogP contribution in [0.5, 0.6) is 23.3 Å². The molecule has 1 aliphatic rings. The lowest BCUT2D eigenvalue weighted by atomic mass is 9.84. The number of ether oxygens (including phenoxy) is 3. The van der Waals surface area contributed by atoms with Gasteiger partial charge in [0.25, 0.3) is 0 Å². The quantitative estimate of drug-likeness (QED) is 0.289. The Morgan fingerprint density at radius 2 is 1.59 bits per heavy atom. The molecule has 0 saturated carbocycles. The van der Waals surface area contributed by atoms with E-state index < -0.39 is 0 Å². The Morgan fingerprint density at radius 3 is 2.33 bits per heavy atom. The molecule has 0 unspecified atom stereocenters. The van der Waals surface area contributed by atoms with E-state index in [1.54, 1.807) is 18.0 Å². The number of aryl methyl sites for hydroxylation is 1. The number of methoxy groups -OCH3 is 1. The van der Waals surface area contributed by atoms with Gasteiger partial charge in [0, 0.05) is 0 Å². The third-order valence-electron chi connectivity index (χ3n) is 6.83. The van der Waals surface area contributed by atoms with Gasteiger partial charge in [0.05, 0.1) is 35.5 Å². The van der Waals surface area contributed by atoms with E-state index >= 15 is 0 Å². The van der Waals surface area contributed by atoms with Crippen LogP contribution in [0.25, 0.3) is 11.3 Å². The highest BCUT2D eigenvalue weighted by Crippen LogP contribution is 2.49. The average Bonchev–Trinajstić information content (AvgIpc) is 3.56. The summed E-state index contributed by atoms with van der Waals surface area (Å²) < 4.78 is 21.3. The Hall–Kier alpha value is -5.18. The zero-order valence-electron chi connectivity index (χ0n) is 21.4. The normalized spacial score (nSPS) is 13.9. The molecular formula is C30H24N6O3. The molecule has 9 nitrogen and oxygen atoms in total. The average molecular weight is 517 g/mol. The van der Waals surface area contributed by atoms with Gasteiger partial charge in [0.1, 0.15) is 24.4 Å². The second-order valence-electron chi connectivity index (χ2n) is 9.22. The van der Waals surface area contributed by atoms with Gasteiger partial charge in [-0.05, 0) is 48.9 Å². The van der Waals surface area contributed by atoms with Gasteiger partial charge in [-0.15, -0.1) is 5.10 Å². The van der Waals surface area contributed by atoms with Crippen LogP contribution in [0.15, 0.2) is 91.3 Å². The minimum Gasteiger partial charge on any atom is -0.497 e. The number of hydrogen-bond acceptors (Lipinski definition) is 7. The van der Waals surface area contributed by atoms with Crippen molar-refractivity contribution in [1.82, 2.24) is 29.4 Å². The number of benzene rings is 3. The van der Waals surface area contributed by atoms with E-state index in [4.69, 9.17) is 24.3 Å². The molecule has 0 N–H and O–H groups in total. The van der Waals surface area contributed by atoms with Crippen LogP contribution in [-0.2, 0) is 6.61 Å². The molecule has 3 aromatic heterocycles. The first-order chi connectivity index (χ1) is 19.2. The van der Waals surface area contributed by atoms with Crippen molar-refractivity contribution < 1.29 is 14.2 Å². The maximum atomic E-state index is 6.48. The molecule has 0 aliphatic carbocycles. The Bertz CT molecular complexity index is 1780. The Labute approximate surface area is 224 Å². The second-order valence-corrected chi connectivity index (χ2v) is 9.22. The van der Waals surface area contributed by atoms with Crippen LogP contribution in [0.4, 0.5) is 0 Å². The molecule has 1 atom stereocenters. The van der Waals surface area contributed by atoms with Gasteiger partial charge in [0.15, 0.2) is 11.5 Å². The topological polar surface area (TPSA) is 88.6 Å². The van der Waals surface area contributed by atoms with E-state index in [-0.39, 0.29) is 12.5 Å². The van der Waals surface area contributed by atoms with Gasteiger partial charge in [0.2, 0.25) is 11.8 Å². The molecule has 0 fully saturated rings. The van der Waals surface area contributed by atoms with Crippen molar-refractivity contribution >= 4 is 5.65 Å². The van der Waals surface area contributed by atoms with E-state index in [1.165, 1.54) is 0 Å². The van der Waals surface area contributed by atoms with E-state index in [1.807, 2.05) is 84.4 Å². The molecule has 3 aromatic carbocycles. The summed E-state index contributed by atoms with van der Waals surface area (Å²) in [4.78, 5) is 9.54. The summed E-state index contributed by atoms with van der Waals surface area (Å²) in [6.45, 7) is 2.23. The molecule has 0 spiro atoms. The lowest BCUT2D eigenvalue weighted by Crippen LogP contribution is -2.16. The molecule has 0 amide bonds. The van der Waals surface area contributed by atoms with Crippen LogP contribution in [0.2, 0.25) is 0 Å². The lowest BCUT2D eigenvalue weighted by Gasteiger charge is -2.26. The molecule has 192 valence electrons. The van der Waals surface area contributed by atoms with Crippen LogP contribution >= 0.6 is 0 Å². The molecule has 39 heavy (non-hydrogen) atoms. The highest BCUT2D eigenvalue weighted by Gasteiger charge is 2.38. The largest absolute Gasteiger partial charge is 0.497 e. The van der Waals surface area contributed by atoms with Crippen molar-refractivity contribution in [3.63, 3.8) is 0 Å². The molecular weight excluding hydrogens is 492 g/mol. The summed E-state index contributed by atoms with van der Waals surface area (Å²) in [5.41, 5.74) is 5.24. The number of para-hydroxylation sites is 2. The monoisotopic (exact) mass is 516 g/mol. The van der Waals surface area contributed by atoms with Crippen LogP contribution in [-0.4, -0.2) is 36.5 Å². The van der Waals surface area contributed by atoms with Gasteiger partial charge < -0.3 is 14.2 Å². The van der Waals surface area contributed by atoms with Crippen molar-refractivity contribution in [3.05, 3.63) is 119 Å². The van der Waals surface area contributed by atoms with Crippen LogP contribution in [0, 0.1) is 6.92 Å². The second kappa shape index (κ2) is 9.29. The smallest absolute Gasteiger partial charge is 0.230 e. The standard InChI is InChI=1S/C30H24N6O3/c1-19-25-26(20-13-15-22(37-2)16-14-20)27-28-32-24(17-38-23-11-7-4-8-12-23)34-35(28)18-31-29(27)39-30(25)36(33-19)21-9-5-3-6-10-21/h3-16,18,26H,17H2,1-2H3/t26-/m1/s1. The lowest BCUT2D eigenvalue weighted by molar-refractivity contribution is 0.296. The summed E-state index contributed by atoms with van der Waals surface area (Å²) in [5, 5.41) is 9.52. The molecule has 0 saturated heterocycles. The van der Waals surface area contributed by atoms with Gasteiger partial charge >= 0.3 is 0 Å². The summed E-state index contributed by atoms with van der Waals surface area (Å²) in [5.74, 6) is 2.94. The van der Waals surface area contributed by atoms with Gasteiger partial charge in [-0.25, -0.2) is 19.2 Å². The molecule has 6 aromatic rings. The van der Waals surface area contributed by atoms with E-state index in [9.17, 15) is 0 Å². The number of nitrogens with zero attached hydrogens (tertiary/aromatic N) is 6. The minimum absolute atomic E-state index is 0.227. The first kappa shape index (κ1) is 23.0. The Kier molecular flexibility index (Phi) is 5.47. The maximum Gasteiger partial charge on any atom is 0.230 e. The van der Waals surface area contributed by atoms with Crippen LogP contribution in [0.3, 0.4) is 0 Å². The SMILES string of the molecule is COc1ccc([C@@H]2c3c(C)nn(-c4ccccc4)c3Oc3ncn4nc(COc5ccccc5)nc4c32)cc1. The highest BCUT2D eigenvalue weighted by molar-refractivity contribution is 5.66. The van der Waals surface area contributed by atoms with Crippen LogP contribution < -0.4 is 14.2 Å². The number of fused-ring (bicyclic) bond motifs is 4. The highest BCUT2D eigenvalue weighted by atomic mass is 16.5. The first-order valence-electron chi connectivity index (χ1n) is 12.6.